The minimum absolute atomic E-state index is 0.0890. The van der Waals surface area contributed by atoms with Gasteiger partial charge in [0.2, 0.25) is 5.91 Å². The van der Waals surface area contributed by atoms with Crippen LogP contribution < -0.4 is 5.32 Å². The minimum atomic E-state index is -1.09. The fourth-order valence-corrected chi connectivity index (χ4v) is 1.83. The average molecular weight is 287 g/mol. The van der Waals surface area contributed by atoms with Crippen LogP contribution >= 0.6 is 0 Å². The van der Waals surface area contributed by atoms with Crippen molar-refractivity contribution in [1.82, 2.24) is 9.78 Å². The van der Waals surface area contributed by atoms with Crippen LogP contribution in [0.25, 0.3) is 5.69 Å². The highest BCUT2D eigenvalue weighted by atomic mass is 16.4. The zero-order valence-electron chi connectivity index (χ0n) is 11.9. The van der Waals surface area contributed by atoms with Gasteiger partial charge in [-0.25, -0.2) is 4.68 Å². The summed E-state index contributed by atoms with van der Waals surface area (Å²) in [5, 5.41) is 15.9. The molecule has 110 valence electrons. The third kappa shape index (κ3) is 3.68. The van der Waals surface area contributed by atoms with Crippen molar-refractivity contribution in [2.45, 2.75) is 20.3 Å². The molecule has 0 aliphatic carbocycles. The van der Waals surface area contributed by atoms with Gasteiger partial charge in [-0.05, 0) is 38.1 Å². The predicted octanol–water partition coefficient (Wildman–Crippen LogP) is 2.31. The zero-order chi connectivity index (χ0) is 15.5. The van der Waals surface area contributed by atoms with E-state index in [-0.39, 0.29) is 12.3 Å². The van der Waals surface area contributed by atoms with Gasteiger partial charge in [-0.1, -0.05) is 6.07 Å². The molecule has 1 aromatic heterocycles. The number of hydrogen-bond acceptors (Lipinski definition) is 3. The van der Waals surface area contributed by atoms with Crippen molar-refractivity contribution in [3.8, 4) is 5.69 Å². The van der Waals surface area contributed by atoms with Gasteiger partial charge in [0.25, 0.3) is 0 Å². The van der Waals surface area contributed by atoms with E-state index >= 15 is 0 Å². The molecule has 0 saturated heterocycles. The van der Waals surface area contributed by atoms with Crippen LogP contribution in [-0.4, -0.2) is 26.8 Å². The Morgan fingerprint density at radius 2 is 2.10 bits per heavy atom. The van der Waals surface area contributed by atoms with Crippen LogP contribution in [0.3, 0.4) is 0 Å². The third-order valence-electron chi connectivity index (χ3n) is 3.08. The molecule has 0 atom stereocenters. The molecule has 1 heterocycles. The van der Waals surface area contributed by atoms with E-state index in [1.165, 1.54) is 13.8 Å². The lowest BCUT2D eigenvalue weighted by Gasteiger charge is -2.18. The molecule has 6 heteroatoms. The van der Waals surface area contributed by atoms with Crippen molar-refractivity contribution in [3.63, 3.8) is 0 Å². The molecule has 0 bridgehead atoms. The van der Waals surface area contributed by atoms with Crippen molar-refractivity contribution in [3.05, 3.63) is 42.7 Å². The molecular formula is C15H17N3O3. The fourth-order valence-electron chi connectivity index (χ4n) is 1.83. The maximum atomic E-state index is 11.9. The Labute approximate surface area is 122 Å². The maximum absolute atomic E-state index is 11.9. The number of carbonyl (C=O) groups is 2. The number of carboxylic acid groups (broad SMARTS) is 1. The number of nitrogens with zero attached hydrogens (tertiary/aromatic N) is 2. The summed E-state index contributed by atoms with van der Waals surface area (Å²) < 4.78 is 1.68. The molecule has 0 unspecified atom stereocenters. The van der Waals surface area contributed by atoms with E-state index in [9.17, 15) is 9.59 Å². The summed E-state index contributed by atoms with van der Waals surface area (Å²) in [6.45, 7) is 3.05. The summed E-state index contributed by atoms with van der Waals surface area (Å²) in [5.41, 5.74) is 0.327. The molecule has 2 N–H and O–H groups in total. The standard InChI is InChI=1S/C15H17N3O3/c1-15(2,14(20)21)10-13(19)17-11-5-3-6-12(9-11)18-8-4-7-16-18/h3-9H,10H2,1-2H3,(H,17,19)(H,20,21). The molecule has 0 fully saturated rings. The lowest BCUT2D eigenvalue weighted by Crippen LogP contribution is -2.29. The number of aromatic nitrogens is 2. The fraction of sp³-hybridized carbons (Fsp3) is 0.267. The van der Waals surface area contributed by atoms with Gasteiger partial charge in [0.1, 0.15) is 0 Å². The number of carbonyl (C=O) groups excluding carboxylic acids is 1. The lowest BCUT2D eigenvalue weighted by atomic mass is 9.89. The molecule has 0 aliphatic rings. The van der Waals surface area contributed by atoms with E-state index in [0.717, 1.165) is 5.69 Å². The van der Waals surface area contributed by atoms with Crippen molar-refractivity contribution >= 4 is 17.6 Å². The number of carboxylic acids is 1. The van der Waals surface area contributed by atoms with E-state index in [2.05, 4.69) is 10.4 Å². The molecule has 2 aromatic rings. The van der Waals surface area contributed by atoms with Gasteiger partial charge in [-0.3, -0.25) is 9.59 Å². The summed E-state index contributed by atoms with van der Waals surface area (Å²) in [6.07, 6.45) is 3.38. The van der Waals surface area contributed by atoms with Crippen LogP contribution in [0.2, 0.25) is 0 Å². The smallest absolute Gasteiger partial charge is 0.309 e. The molecule has 21 heavy (non-hydrogen) atoms. The van der Waals surface area contributed by atoms with Gasteiger partial charge < -0.3 is 10.4 Å². The number of aliphatic carboxylic acids is 1. The first kappa shape index (κ1) is 14.8. The summed E-state index contributed by atoms with van der Waals surface area (Å²) in [7, 11) is 0. The van der Waals surface area contributed by atoms with Gasteiger partial charge in [-0.15, -0.1) is 0 Å². The minimum Gasteiger partial charge on any atom is -0.481 e. The van der Waals surface area contributed by atoms with Crippen molar-refractivity contribution in [1.29, 1.82) is 0 Å². The van der Waals surface area contributed by atoms with E-state index in [1.807, 2.05) is 6.07 Å². The molecule has 2 rings (SSSR count). The van der Waals surface area contributed by atoms with Crippen LogP contribution in [0.1, 0.15) is 20.3 Å². The largest absolute Gasteiger partial charge is 0.481 e. The molecule has 0 aliphatic heterocycles. The van der Waals surface area contributed by atoms with Crippen molar-refractivity contribution < 1.29 is 14.7 Å². The van der Waals surface area contributed by atoms with E-state index in [4.69, 9.17) is 5.11 Å². The Morgan fingerprint density at radius 1 is 1.33 bits per heavy atom. The highest BCUT2D eigenvalue weighted by Gasteiger charge is 2.30. The highest BCUT2D eigenvalue weighted by molar-refractivity contribution is 5.94. The molecule has 1 aromatic carbocycles. The lowest BCUT2D eigenvalue weighted by molar-refractivity contribution is -0.148. The Bertz CT molecular complexity index is 648. The number of amides is 1. The van der Waals surface area contributed by atoms with Gasteiger partial charge >= 0.3 is 5.97 Å². The van der Waals surface area contributed by atoms with Gasteiger partial charge in [0, 0.05) is 24.5 Å². The molecule has 0 radical (unpaired) electrons. The van der Waals surface area contributed by atoms with Crippen LogP contribution in [0, 0.1) is 5.41 Å². The quantitative estimate of drug-likeness (QED) is 0.883. The Balaban J connectivity index is 2.08. The Morgan fingerprint density at radius 3 is 2.71 bits per heavy atom. The Kier molecular flexibility index (Phi) is 4.07. The summed E-state index contributed by atoms with van der Waals surface area (Å²) >= 11 is 0. The van der Waals surface area contributed by atoms with E-state index in [0.29, 0.717) is 5.69 Å². The van der Waals surface area contributed by atoms with Crippen molar-refractivity contribution in [2.24, 2.45) is 5.41 Å². The second-order valence-electron chi connectivity index (χ2n) is 5.41. The first-order valence-electron chi connectivity index (χ1n) is 6.52. The van der Waals surface area contributed by atoms with Gasteiger partial charge in [0.05, 0.1) is 11.1 Å². The summed E-state index contributed by atoms with van der Waals surface area (Å²) in [4.78, 5) is 23.0. The average Bonchev–Trinajstić information content (AvgIpc) is 2.91. The van der Waals surface area contributed by atoms with E-state index in [1.54, 1.807) is 41.3 Å². The second kappa shape index (κ2) is 5.78. The highest BCUT2D eigenvalue weighted by Crippen LogP contribution is 2.22. The van der Waals surface area contributed by atoms with E-state index < -0.39 is 11.4 Å². The molecule has 6 nitrogen and oxygen atoms in total. The topological polar surface area (TPSA) is 84.2 Å². The SMILES string of the molecule is CC(C)(CC(=O)Nc1cccc(-n2cccn2)c1)C(=O)O. The number of anilines is 1. The summed E-state index contributed by atoms with van der Waals surface area (Å²) in [6, 6.07) is 9.00. The van der Waals surface area contributed by atoms with Crippen LogP contribution in [-0.2, 0) is 9.59 Å². The molecule has 0 saturated carbocycles. The third-order valence-corrected chi connectivity index (χ3v) is 3.08. The van der Waals surface area contributed by atoms with Gasteiger partial charge in [0.15, 0.2) is 0 Å². The molecule has 0 spiro atoms. The first-order chi connectivity index (χ1) is 9.88. The number of nitrogens with one attached hydrogen (secondary N) is 1. The second-order valence-corrected chi connectivity index (χ2v) is 5.41. The zero-order valence-corrected chi connectivity index (χ0v) is 11.9. The molecular weight excluding hydrogens is 270 g/mol. The first-order valence-corrected chi connectivity index (χ1v) is 6.52. The van der Waals surface area contributed by atoms with Crippen LogP contribution in [0.5, 0.6) is 0 Å². The van der Waals surface area contributed by atoms with Crippen molar-refractivity contribution in [2.75, 3.05) is 5.32 Å². The number of benzene rings is 1. The number of hydrogen-bond donors (Lipinski definition) is 2. The Hall–Kier alpha value is -2.63. The van der Waals surface area contributed by atoms with Crippen LogP contribution in [0.4, 0.5) is 5.69 Å². The predicted molar refractivity (Wildman–Crippen MR) is 78.2 cm³/mol. The summed E-state index contributed by atoms with van der Waals surface area (Å²) in [5.74, 6) is -1.33. The normalized spacial score (nSPS) is 11.1. The monoisotopic (exact) mass is 287 g/mol. The molecule has 1 amide bonds. The van der Waals surface area contributed by atoms with Crippen LogP contribution in [0.15, 0.2) is 42.7 Å². The number of rotatable bonds is 5. The van der Waals surface area contributed by atoms with Gasteiger partial charge in [-0.2, -0.15) is 5.10 Å². The maximum Gasteiger partial charge on any atom is 0.309 e.